The first-order valence-electron chi connectivity index (χ1n) is 8.89. The lowest BCUT2D eigenvalue weighted by atomic mass is 10.0. The summed E-state index contributed by atoms with van der Waals surface area (Å²) in [5.74, 6) is 1.79. The van der Waals surface area contributed by atoms with Crippen LogP contribution in [0.15, 0.2) is 28.8 Å². The van der Waals surface area contributed by atoms with Gasteiger partial charge in [-0.05, 0) is 31.2 Å². The lowest BCUT2D eigenvalue weighted by Gasteiger charge is -2.40. The predicted octanol–water partition coefficient (Wildman–Crippen LogP) is 1.78. The Bertz CT molecular complexity index is 764. The van der Waals surface area contributed by atoms with Gasteiger partial charge in [0, 0.05) is 50.0 Å². The van der Waals surface area contributed by atoms with E-state index in [0.29, 0.717) is 18.3 Å². The summed E-state index contributed by atoms with van der Waals surface area (Å²) in [5, 5.41) is 4.57. The summed E-state index contributed by atoms with van der Waals surface area (Å²) in [7, 11) is 0. The third-order valence-electron chi connectivity index (χ3n) is 5.03. The second kappa shape index (κ2) is 7.25. The highest BCUT2D eigenvalue weighted by molar-refractivity contribution is 6.30. The Hall–Kier alpha value is -2.12. The van der Waals surface area contributed by atoms with Gasteiger partial charge in [0.2, 0.25) is 11.8 Å². The molecule has 3 heterocycles. The summed E-state index contributed by atoms with van der Waals surface area (Å²) in [4.78, 5) is 23.2. The number of rotatable bonds is 4. The molecule has 2 fully saturated rings. The smallest absolute Gasteiger partial charge is 0.236 e. The number of carbonyl (C=O) groups is 1. The Labute approximate surface area is 157 Å². The standard InChI is InChI=1S/C18H22ClN5O2/c1-13-20-18(26-21-13)14-10-22(11-14)12-17(25)24-8-6-23(7-9-24)16-4-2-15(19)3-5-16/h2-5,14H,6-12H2,1H3. The number of aryl methyl sites for hydroxylation is 1. The molecule has 7 nitrogen and oxygen atoms in total. The van der Waals surface area contributed by atoms with E-state index in [1.807, 2.05) is 36.1 Å². The van der Waals surface area contributed by atoms with E-state index >= 15 is 0 Å². The minimum absolute atomic E-state index is 0.195. The van der Waals surface area contributed by atoms with Crippen molar-refractivity contribution < 1.29 is 9.32 Å². The molecule has 2 aliphatic heterocycles. The Balaban J connectivity index is 1.22. The van der Waals surface area contributed by atoms with Crippen LogP contribution in [-0.2, 0) is 4.79 Å². The number of nitrogens with zero attached hydrogens (tertiary/aromatic N) is 5. The average Bonchev–Trinajstić information content (AvgIpc) is 3.04. The molecule has 1 aromatic carbocycles. The lowest BCUT2D eigenvalue weighted by molar-refractivity contribution is -0.134. The molecule has 0 unspecified atom stereocenters. The van der Waals surface area contributed by atoms with Crippen molar-refractivity contribution in [2.45, 2.75) is 12.8 Å². The molecule has 0 spiro atoms. The van der Waals surface area contributed by atoms with E-state index in [2.05, 4.69) is 19.9 Å². The van der Waals surface area contributed by atoms with Gasteiger partial charge in [-0.1, -0.05) is 16.8 Å². The zero-order chi connectivity index (χ0) is 18.1. The van der Waals surface area contributed by atoms with Gasteiger partial charge in [-0.25, -0.2) is 0 Å². The highest BCUT2D eigenvalue weighted by atomic mass is 35.5. The quantitative estimate of drug-likeness (QED) is 0.811. The molecule has 1 aromatic heterocycles. The van der Waals surface area contributed by atoms with Crippen LogP contribution in [0.25, 0.3) is 0 Å². The van der Waals surface area contributed by atoms with Gasteiger partial charge >= 0.3 is 0 Å². The number of hydrogen-bond acceptors (Lipinski definition) is 6. The zero-order valence-electron chi connectivity index (χ0n) is 14.8. The van der Waals surface area contributed by atoms with E-state index in [1.54, 1.807) is 0 Å². The normalized spacial score (nSPS) is 18.8. The molecule has 2 aromatic rings. The van der Waals surface area contributed by atoms with Crippen LogP contribution in [0, 0.1) is 6.92 Å². The van der Waals surface area contributed by atoms with Gasteiger partial charge in [0.05, 0.1) is 12.5 Å². The van der Waals surface area contributed by atoms with Gasteiger partial charge in [-0.2, -0.15) is 4.98 Å². The van der Waals surface area contributed by atoms with Crippen LogP contribution < -0.4 is 4.90 Å². The zero-order valence-corrected chi connectivity index (χ0v) is 15.5. The Kier molecular flexibility index (Phi) is 4.82. The number of hydrogen-bond donors (Lipinski definition) is 0. The van der Waals surface area contributed by atoms with Crippen molar-refractivity contribution >= 4 is 23.2 Å². The van der Waals surface area contributed by atoms with Gasteiger partial charge in [0.25, 0.3) is 0 Å². The molecule has 2 aliphatic rings. The highest BCUT2D eigenvalue weighted by Gasteiger charge is 2.34. The molecule has 1 amide bonds. The molecular formula is C18H22ClN5O2. The van der Waals surface area contributed by atoms with Crippen molar-refractivity contribution in [1.29, 1.82) is 0 Å². The maximum Gasteiger partial charge on any atom is 0.236 e. The second-order valence-electron chi connectivity index (χ2n) is 6.92. The number of amides is 1. The Morgan fingerprint density at radius 3 is 2.50 bits per heavy atom. The molecule has 0 aliphatic carbocycles. The maximum absolute atomic E-state index is 12.5. The Morgan fingerprint density at radius 1 is 1.19 bits per heavy atom. The SMILES string of the molecule is Cc1noc(C2CN(CC(=O)N3CCN(c4ccc(Cl)cc4)CC3)C2)n1. The van der Waals surface area contributed by atoms with Crippen molar-refractivity contribution in [1.82, 2.24) is 19.9 Å². The first-order valence-corrected chi connectivity index (χ1v) is 9.27. The molecule has 2 saturated heterocycles. The largest absolute Gasteiger partial charge is 0.368 e. The fourth-order valence-electron chi connectivity index (χ4n) is 3.49. The molecule has 4 rings (SSSR count). The van der Waals surface area contributed by atoms with Crippen LogP contribution in [-0.4, -0.2) is 71.7 Å². The number of likely N-dealkylation sites (tertiary alicyclic amines) is 1. The van der Waals surface area contributed by atoms with Crippen LogP contribution in [0.2, 0.25) is 5.02 Å². The molecule has 26 heavy (non-hydrogen) atoms. The van der Waals surface area contributed by atoms with E-state index in [-0.39, 0.29) is 11.8 Å². The van der Waals surface area contributed by atoms with Crippen LogP contribution in [0.4, 0.5) is 5.69 Å². The predicted molar refractivity (Wildman–Crippen MR) is 98.5 cm³/mol. The lowest BCUT2D eigenvalue weighted by Crippen LogP contribution is -2.54. The van der Waals surface area contributed by atoms with Crippen molar-refractivity contribution in [3.8, 4) is 0 Å². The van der Waals surface area contributed by atoms with Crippen LogP contribution >= 0.6 is 11.6 Å². The van der Waals surface area contributed by atoms with Crippen LogP contribution in [0.1, 0.15) is 17.6 Å². The van der Waals surface area contributed by atoms with Gasteiger partial charge in [0.15, 0.2) is 5.82 Å². The fraction of sp³-hybridized carbons (Fsp3) is 0.500. The summed E-state index contributed by atoms with van der Waals surface area (Å²) < 4.78 is 5.20. The summed E-state index contributed by atoms with van der Waals surface area (Å²) in [5.41, 5.74) is 1.15. The van der Waals surface area contributed by atoms with Gasteiger partial charge < -0.3 is 14.3 Å². The molecule has 0 saturated carbocycles. The van der Waals surface area contributed by atoms with E-state index in [9.17, 15) is 4.79 Å². The summed E-state index contributed by atoms with van der Waals surface area (Å²) in [6, 6.07) is 7.86. The molecular weight excluding hydrogens is 354 g/mol. The molecule has 8 heteroatoms. The van der Waals surface area contributed by atoms with E-state index < -0.39 is 0 Å². The number of anilines is 1. The molecule has 0 bridgehead atoms. The molecule has 0 N–H and O–H groups in total. The van der Waals surface area contributed by atoms with E-state index in [4.69, 9.17) is 16.1 Å². The molecule has 0 atom stereocenters. The van der Waals surface area contributed by atoms with Crippen molar-refractivity contribution in [3.05, 3.63) is 41.0 Å². The molecule has 0 radical (unpaired) electrons. The monoisotopic (exact) mass is 375 g/mol. The number of aromatic nitrogens is 2. The van der Waals surface area contributed by atoms with Gasteiger partial charge in [-0.3, -0.25) is 9.69 Å². The number of piperazine rings is 1. The third-order valence-corrected chi connectivity index (χ3v) is 5.28. The van der Waals surface area contributed by atoms with Crippen molar-refractivity contribution in [3.63, 3.8) is 0 Å². The third kappa shape index (κ3) is 3.68. The van der Waals surface area contributed by atoms with Crippen molar-refractivity contribution in [2.75, 3.05) is 50.7 Å². The maximum atomic E-state index is 12.5. The number of benzene rings is 1. The van der Waals surface area contributed by atoms with Crippen LogP contribution in [0.5, 0.6) is 0 Å². The van der Waals surface area contributed by atoms with Gasteiger partial charge in [0.1, 0.15) is 0 Å². The average molecular weight is 376 g/mol. The minimum atomic E-state index is 0.195. The summed E-state index contributed by atoms with van der Waals surface area (Å²) >= 11 is 5.94. The van der Waals surface area contributed by atoms with Gasteiger partial charge in [-0.15, -0.1) is 0 Å². The topological polar surface area (TPSA) is 65.7 Å². The van der Waals surface area contributed by atoms with E-state index in [1.165, 1.54) is 0 Å². The molecule has 138 valence electrons. The van der Waals surface area contributed by atoms with E-state index in [0.717, 1.165) is 50.0 Å². The van der Waals surface area contributed by atoms with Crippen LogP contribution in [0.3, 0.4) is 0 Å². The summed E-state index contributed by atoms with van der Waals surface area (Å²) in [6.07, 6.45) is 0. The highest BCUT2D eigenvalue weighted by Crippen LogP contribution is 2.25. The first-order chi connectivity index (χ1) is 12.6. The minimum Gasteiger partial charge on any atom is -0.368 e. The first kappa shape index (κ1) is 17.3. The summed E-state index contributed by atoms with van der Waals surface area (Å²) in [6.45, 7) is 7.08. The number of carbonyl (C=O) groups excluding carboxylic acids is 1. The second-order valence-corrected chi connectivity index (χ2v) is 7.35. The fourth-order valence-corrected chi connectivity index (χ4v) is 3.62. The Morgan fingerprint density at radius 2 is 1.88 bits per heavy atom. The van der Waals surface area contributed by atoms with Crippen molar-refractivity contribution in [2.24, 2.45) is 0 Å². The number of halogens is 1.